The van der Waals surface area contributed by atoms with Crippen LogP contribution in [0.4, 0.5) is 4.79 Å². The molecular formula is C27H39NO6S. The van der Waals surface area contributed by atoms with E-state index in [0.29, 0.717) is 0 Å². The van der Waals surface area contributed by atoms with Crippen LogP contribution in [0.15, 0.2) is 59.5 Å². The fourth-order valence-electron chi connectivity index (χ4n) is 3.67. The molecule has 0 aliphatic carbocycles. The highest BCUT2D eigenvalue weighted by atomic mass is 32.2. The van der Waals surface area contributed by atoms with Gasteiger partial charge in [0.15, 0.2) is 0 Å². The minimum atomic E-state index is -4.03. The number of nitrogens with zero attached hydrogens (tertiary/aromatic N) is 1. The summed E-state index contributed by atoms with van der Waals surface area (Å²) in [5, 5.41) is 0. The third-order valence-corrected chi connectivity index (χ3v) is 6.39. The van der Waals surface area contributed by atoms with E-state index < -0.39 is 39.7 Å². The first-order valence-electron chi connectivity index (χ1n) is 11.9. The highest BCUT2D eigenvalue weighted by Crippen LogP contribution is 2.42. The molecule has 2 aromatic carbocycles. The maximum absolute atomic E-state index is 13.1. The summed E-state index contributed by atoms with van der Waals surface area (Å²) in [6.07, 6.45) is 0.0641. The Morgan fingerprint density at radius 3 is 2.09 bits per heavy atom. The Bertz CT molecular complexity index is 1060. The molecule has 2 atom stereocenters. The van der Waals surface area contributed by atoms with Crippen LogP contribution in [-0.2, 0) is 23.8 Å². The number of hydrogen-bond donors (Lipinski definition) is 0. The van der Waals surface area contributed by atoms with Crippen LogP contribution in [0.3, 0.4) is 0 Å². The van der Waals surface area contributed by atoms with E-state index in [4.69, 9.17) is 13.7 Å². The average Bonchev–Trinajstić information content (AvgIpc) is 3.03. The Labute approximate surface area is 210 Å². The van der Waals surface area contributed by atoms with Crippen molar-refractivity contribution in [2.24, 2.45) is 0 Å². The van der Waals surface area contributed by atoms with Gasteiger partial charge in [0.1, 0.15) is 17.4 Å². The fraction of sp³-hybridized carbons (Fsp3) is 0.519. The molecule has 35 heavy (non-hydrogen) atoms. The van der Waals surface area contributed by atoms with Gasteiger partial charge in [0.05, 0.1) is 17.5 Å². The van der Waals surface area contributed by atoms with E-state index in [1.807, 2.05) is 37.3 Å². The van der Waals surface area contributed by atoms with E-state index in [-0.39, 0.29) is 11.5 Å². The first-order valence-corrected chi connectivity index (χ1v) is 13.3. The molecule has 194 valence electrons. The molecule has 1 fully saturated rings. The van der Waals surface area contributed by atoms with Crippen LogP contribution in [0.5, 0.6) is 0 Å². The van der Waals surface area contributed by atoms with E-state index in [1.165, 1.54) is 23.5 Å². The summed E-state index contributed by atoms with van der Waals surface area (Å²) in [6.45, 7) is 14.7. The molecule has 1 aliphatic heterocycles. The van der Waals surface area contributed by atoms with Gasteiger partial charge in [-0.15, -0.1) is 0 Å². The van der Waals surface area contributed by atoms with E-state index in [1.54, 1.807) is 46.8 Å². The smallest absolute Gasteiger partial charge is 0.413 e. The molecule has 0 bridgehead atoms. The minimum Gasteiger partial charge on any atom is -0.444 e. The van der Waals surface area contributed by atoms with Crippen LogP contribution in [0.25, 0.3) is 0 Å². The van der Waals surface area contributed by atoms with Gasteiger partial charge in [0.25, 0.3) is 10.1 Å². The standard InChI is InChI=1S/C24H31NO6S.C3H8/c1-17-12-14-19(15-13-17)32(27,28)29-16-20-21(18-10-8-7-9-11-18)30-24(5,6)25(20)22(26)31-23(2,3)4;1-3-2/h7-15,20-21H,16H2,1-6H3;3H2,1-2H3/t20-,21-;/m1./s1. The van der Waals surface area contributed by atoms with Crippen LogP contribution in [-0.4, -0.2) is 43.4 Å². The Kier molecular flexibility index (Phi) is 9.50. The second-order valence-corrected chi connectivity index (χ2v) is 11.7. The van der Waals surface area contributed by atoms with Gasteiger partial charge in [-0.25, -0.2) is 4.79 Å². The molecule has 0 N–H and O–H groups in total. The third-order valence-electron chi connectivity index (χ3n) is 5.10. The molecule has 0 saturated carbocycles. The topological polar surface area (TPSA) is 82.1 Å². The van der Waals surface area contributed by atoms with Crippen molar-refractivity contribution in [3.8, 4) is 0 Å². The molecule has 0 spiro atoms. The van der Waals surface area contributed by atoms with Crippen LogP contribution < -0.4 is 0 Å². The molecule has 3 rings (SSSR count). The second kappa shape index (κ2) is 11.5. The van der Waals surface area contributed by atoms with Crippen molar-refractivity contribution < 1.29 is 26.9 Å². The van der Waals surface area contributed by atoms with Crippen LogP contribution in [0, 0.1) is 6.92 Å². The normalized spacial score (nSPS) is 19.6. The van der Waals surface area contributed by atoms with Crippen molar-refractivity contribution in [3.63, 3.8) is 0 Å². The maximum Gasteiger partial charge on any atom is 0.413 e. The number of carbonyl (C=O) groups excluding carboxylic acids is 1. The van der Waals surface area contributed by atoms with Crippen molar-refractivity contribution in [1.82, 2.24) is 4.90 Å². The largest absolute Gasteiger partial charge is 0.444 e. The van der Waals surface area contributed by atoms with Gasteiger partial charge in [0.2, 0.25) is 0 Å². The molecule has 0 radical (unpaired) electrons. The van der Waals surface area contributed by atoms with Crippen LogP contribution in [0.1, 0.15) is 72.1 Å². The number of hydrogen-bond acceptors (Lipinski definition) is 6. The Morgan fingerprint density at radius 1 is 1.03 bits per heavy atom. The second-order valence-electron chi connectivity index (χ2n) is 10.1. The summed E-state index contributed by atoms with van der Waals surface area (Å²) in [6, 6.07) is 15.0. The molecule has 7 nitrogen and oxygen atoms in total. The van der Waals surface area contributed by atoms with Gasteiger partial charge >= 0.3 is 6.09 Å². The van der Waals surface area contributed by atoms with Gasteiger partial charge < -0.3 is 9.47 Å². The molecule has 1 amide bonds. The van der Waals surface area contributed by atoms with Crippen molar-refractivity contribution in [2.45, 2.75) is 90.2 Å². The van der Waals surface area contributed by atoms with Gasteiger partial charge in [-0.3, -0.25) is 9.08 Å². The van der Waals surface area contributed by atoms with Crippen molar-refractivity contribution in [1.29, 1.82) is 0 Å². The predicted molar refractivity (Wildman–Crippen MR) is 136 cm³/mol. The number of benzene rings is 2. The number of carbonyl (C=O) groups is 1. The van der Waals surface area contributed by atoms with Gasteiger partial charge in [-0.2, -0.15) is 8.42 Å². The van der Waals surface area contributed by atoms with Crippen LogP contribution in [0.2, 0.25) is 0 Å². The zero-order valence-electron chi connectivity index (χ0n) is 22.1. The first-order chi connectivity index (χ1) is 16.2. The average molecular weight is 506 g/mol. The molecule has 8 heteroatoms. The van der Waals surface area contributed by atoms with Gasteiger partial charge in [0, 0.05) is 0 Å². The lowest BCUT2D eigenvalue weighted by molar-refractivity contribution is -0.0799. The summed E-state index contributed by atoms with van der Waals surface area (Å²) in [5.74, 6) is 0. The van der Waals surface area contributed by atoms with E-state index >= 15 is 0 Å². The quantitative estimate of drug-likeness (QED) is 0.448. The molecule has 1 heterocycles. The lowest BCUT2D eigenvalue weighted by atomic mass is 10.0. The molecule has 0 aromatic heterocycles. The number of aryl methyl sites for hydroxylation is 1. The van der Waals surface area contributed by atoms with Gasteiger partial charge in [-0.1, -0.05) is 68.3 Å². The summed E-state index contributed by atoms with van der Waals surface area (Å²) in [7, 11) is -4.03. The lowest BCUT2D eigenvalue weighted by Gasteiger charge is -2.34. The number of rotatable bonds is 5. The summed E-state index contributed by atoms with van der Waals surface area (Å²) < 4.78 is 42.9. The molecule has 2 aromatic rings. The highest BCUT2D eigenvalue weighted by molar-refractivity contribution is 7.86. The summed E-state index contributed by atoms with van der Waals surface area (Å²) in [4.78, 5) is 14.6. The molecule has 0 unspecified atom stereocenters. The van der Waals surface area contributed by atoms with Gasteiger partial charge in [-0.05, 0) is 59.2 Å². The van der Waals surface area contributed by atoms with Crippen molar-refractivity contribution >= 4 is 16.2 Å². The Morgan fingerprint density at radius 2 is 1.57 bits per heavy atom. The zero-order valence-corrected chi connectivity index (χ0v) is 22.9. The summed E-state index contributed by atoms with van der Waals surface area (Å²) >= 11 is 0. The fourth-order valence-corrected chi connectivity index (χ4v) is 4.60. The molecule has 1 aliphatic rings. The monoisotopic (exact) mass is 505 g/mol. The number of amides is 1. The third kappa shape index (κ3) is 7.78. The number of ether oxygens (including phenoxy) is 2. The Balaban J connectivity index is 0.00000137. The van der Waals surface area contributed by atoms with E-state index in [0.717, 1.165) is 11.1 Å². The summed E-state index contributed by atoms with van der Waals surface area (Å²) in [5.41, 5.74) is -0.00916. The van der Waals surface area contributed by atoms with Crippen molar-refractivity contribution in [2.75, 3.05) is 6.61 Å². The first kappa shape index (κ1) is 28.8. The highest BCUT2D eigenvalue weighted by Gasteiger charge is 2.52. The maximum atomic E-state index is 13.1. The predicted octanol–water partition coefficient (Wildman–Crippen LogP) is 6.23. The van der Waals surface area contributed by atoms with Crippen LogP contribution >= 0.6 is 0 Å². The minimum absolute atomic E-state index is 0.0568. The Hall–Kier alpha value is -2.42. The van der Waals surface area contributed by atoms with E-state index in [9.17, 15) is 13.2 Å². The van der Waals surface area contributed by atoms with Crippen molar-refractivity contribution in [3.05, 3.63) is 65.7 Å². The molecule has 1 saturated heterocycles. The molecular weight excluding hydrogens is 466 g/mol. The zero-order chi connectivity index (χ0) is 26.4. The van der Waals surface area contributed by atoms with E-state index in [2.05, 4.69) is 13.8 Å². The lowest BCUT2D eigenvalue weighted by Crippen LogP contribution is -2.51. The SMILES string of the molecule is CCC.Cc1ccc(S(=O)(=O)OC[C@@H]2[C@@H](c3ccccc3)OC(C)(C)N2C(=O)OC(C)(C)C)cc1.